The van der Waals surface area contributed by atoms with Gasteiger partial charge in [0.1, 0.15) is 5.69 Å². The van der Waals surface area contributed by atoms with Gasteiger partial charge in [-0.1, -0.05) is 56.3 Å². The topological polar surface area (TPSA) is 64.8 Å². The number of hydrogen-bond donors (Lipinski definition) is 2. The molecule has 0 radical (unpaired) electrons. The standard InChI is InChI=1S/C24H24N4O/c1-15(2)17-8-9-18-13-22(25-21(18)12-17)24(29)28-11-10-20-19(14-28)23(27-26-20)16-6-4-3-5-7-16/h3-9,12-13,15,25H,10-11,14H2,1-2H3,(H,26,27). The Kier molecular flexibility index (Phi) is 4.23. The number of aromatic nitrogens is 3. The van der Waals surface area contributed by atoms with E-state index in [0.717, 1.165) is 39.8 Å². The lowest BCUT2D eigenvalue weighted by Crippen LogP contribution is -2.36. The van der Waals surface area contributed by atoms with Crippen molar-refractivity contribution in [3.63, 3.8) is 0 Å². The number of carbonyl (C=O) groups excluding carboxylic acids is 1. The number of nitrogens with zero attached hydrogens (tertiary/aromatic N) is 2. The van der Waals surface area contributed by atoms with Crippen LogP contribution in [0.25, 0.3) is 22.2 Å². The first kappa shape index (κ1) is 17.7. The van der Waals surface area contributed by atoms with Crippen molar-refractivity contribution in [1.82, 2.24) is 20.1 Å². The van der Waals surface area contributed by atoms with Crippen LogP contribution in [0, 0.1) is 0 Å². The smallest absolute Gasteiger partial charge is 0.270 e. The molecule has 0 unspecified atom stereocenters. The molecule has 29 heavy (non-hydrogen) atoms. The second-order valence-corrected chi connectivity index (χ2v) is 8.06. The zero-order valence-corrected chi connectivity index (χ0v) is 16.7. The summed E-state index contributed by atoms with van der Waals surface area (Å²) in [6, 6.07) is 18.5. The Morgan fingerprint density at radius 3 is 2.72 bits per heavy atom. The second kappa shape index (κ2) is 6.92. The maximum absolute atomic E-state index is 13.2. The summed E-state index contributed by atoms with van der Waals surface area (Å²) in [6.07, 6.45) is 0.790. The number of amides is 1. The number of benzene rings is 2. The lowest BCUT2D eigenvalue weighted by Gasteiger charge is -2.26. The average molecular weight is 384 g/mol. The summed E-state index contributed by atoms with van der Waals surface area (Å²) in [5, 5.41) is 8.76. The highest BCUT2D eigenvalue weighted by Crippen LogP contribution is 2.29. The van der Waals surface area contributed by atoms with Crippen molar-refractivity contribution < 1.29 is 4.79 Å². The number of rotatable bonds is 3. The molecule has 0 saturated carbocycles. The van der Waals surface area contributed by atoms with Crippen molar-refractivity contribution in [3.05, 3.63) is 77.1 Å². The van der Waals surface area contributed by atoms with Gasteiger partial charge in [0.2, 0.25) is 0 Å². The van der Waals surface area contributed by atoms with E-state index in [2.05, 4.69) is 59.4 Å². The molecule has 146 valence electrons. The van der Waals surface area contributed by atoms with Crippen molar-refractivity contribution in [1.29, 1.82) is 0 Å². The number of carbonyl (C=O) groups is 1. The Bertz CT molecular complexity index is 1190. The van der Waals surface area contributed by atoms with Gasteiger partial charge in [-0.15, -0.1) is 0 Å². The van der Waals surface area contributed by atoms with E-state index in [9.17, 15) is 4.79 Å². The summed E-state index contributed by atoms with van der Waals surface area (Å²) in [6.45, 7) is 5.61. The second-order valence-electron chi connectivity index (χ2n) is 8.06. The molecule has 1 aliphatic heterocycles. The van der Waals surface area contributed by atoms with E-state index >= 15 is 0 Å². The number of H-pyrrole nitrogens is 2. The fourth-order valence-corrected chi connectivity index (χ4v) is 4.09. The van der Waals surface area contributed by atoms with Crippen molar-refractivity contribution >= 4 is 16.8 Å². The van der Waals surface area contributed by atoms with E-state index in [1.165, 1.54) is 5.56 Å². The van der Waals surface area contributed by atoms with Gasteiger partial charge >= 0.3 is 0 Å². The molecule has 5 nitrogen and oxygen atoms in total. The molecule has 1 amide bonds. The van der Waals surface area contributed by atoms with Gasteiger partial charge in [-0.2, -0.15) is 5.10 Å². The van der Waals surface area contributed by atoms with E-state index in [-0.39, 0.29) is 5.91 Å². The first-order valence-corrected chi connectivity index (χ1v) is 10.1. The lowest BCUT2D eigenvalue weighted by molar-refractivity contribution is 0.0729. The molecule has 0 fully saturated rings. The highest BCUT2D eigenvalue weighted by atomic mass is 16.2. The van der Waals surface area contributed by atoms with Crippen molar-refractivity contribution in [2.75, 3.05) is 6.54 Å². The Labute approximate surface area is 169 Å². The fourth-order valence-electron chi connectivity index (χ4n) is 4.09. The summed E-state index contributed by atoms with van der Waals surface area (Å²) < 4.78 is 0. The molecule has 4 aromatic rings. The Hall–Kier alpha value is -3.34. The zero-order valence-electron chi connectivity index (χ0n) is 16.7. The summed E-state index contributed by atoms with van der Waals surface area (Å²) in [7, 11) is 0. The highest BCUT2D eigenvalue weighted by molar-refractivity contribution is 5.98. The van der Waals surface area contributed by atoms with Crippen LogP contribution in [0.15, 0.2) is 54.6 Å². The van der Waals surface area contributed by atoms with Gasteiger partial charge < -0.3 is 9.88 Å². The first-order chi connectivity index (χ1) is 14.1. The third kappa shape index (κ3) is 3.12. The van der Waals surface area contributed by atoms with E-state index in [4.69, 9.17) is 0 Å². The zero-order chi connectivity index (χ0) is 20.0. The number of nitrogens with one attached hydrogen (secondary N) is 2. The van der Waals surface area contributed by atoms with Gasteiger partial charge in [0.15, 0.2) is 0 Å². The Balaban J connectivity index is 1.44. The summed E-state index contributed by atoms with van der Waals surface area (Å²) in [4.78, 5) is 18.5. The molecule has 0 bridgehead atoms. The maximum atomic E-state index is 13.2. The number of hydrogen-bond acceptors (Lipinski definition) is 2. The molecule has 2 aromatic heterocycles. The minimum atomic E-state index is 0.0400. The van der Waals surface area contributed by atoms with Crippen LogP contribution in [0.2, 0.25) is 0 Å². The van der Waals surface area contributed by atoms with Gasteiger partial charge in [-0.25, -0.2) is 0 Å². The van der Waals surface area contributed by atoms with Crippen molar-refractivity contribution in [3.8, 4) is 11.3 Å². The van der Waals surface area contributed by atoms with E-state index in [1.54, 1.807) is 0 Å². The van der Waals surface area contributed by atoms with Crippen LogP contribution in [0.1, 0.15) is 47.1 Å². The maximum Gasteiger partial charge on any atom is 0.270 e. The van der Waals surface area contributed by atoms with Crippen molar-refractivity contribution in [2.45, 2.75) is 32.7 Å². The minimum absolute atomic E-state index is 0.0400. The molecule has 5 rings (SSSR count). The predicted octanol–water partition coefficient (Wildman–Crippen LogP) is 4.88. The number of fused-ring (bicyclic) bond motifs is 2. The monoisotopic (exact) mass is 384 g/mol. The number of aromatic amines is 2. The summed E-state index contributed by atoms with van der Waals surface area (Å²) in [5.74, 6) is 0.498. The third-order valence-corrected chi connectivity index (χ3v) is 5.81. The molecule has 0 spiro atoms. The Morgan fingerprint density at radius 1 is 1.10 bits per heavy atom. The van der Waals surface area contributed by atoms with Crippen molar-refractivity contribution in [2.24, 2.45) is 0 Å². The van der Waals surface area contributed by atoms with Crippen LogP contribution in [-0.2, 0) is 13.0 Å². The molecule has 2 N–H and O–H groups in total. The fraction of sp³-hybridized carbons (Fsp3) is 0.250. The molecule has 0 aliphatic carbocycles. The molecule has 5 heteroatoms. The van der Waals surface area contributed by atoms with Gasteiger partial charge in [0.25, 0.3) is 5.91 Å². The van der Waals surface area contributed by atoms with Gasteiger partial charge in [-0.05, 0) is 23.6 Å². The Morgan fingerprint density at radius 2 is 1.93 bits per heavy atom. The largest absolute Gasteiger partial charge is 0.351 e. The van der Waals surface area contributed by atoms with E-state index < -0.39 is 0 Å². The van der Waals surface area contributed by atoms with Crippen LogP contribution < -0.4 is 0 Å². The average Bonchev–Trinajstić information content (AvgIpc) is 3.36. The molecule has 3 heterocycles. The first-order valence-electron chi connectivity index (χ1n) is 10.1. The van der Waals surface area contributed by atoms with E-state index in [1.807, 2.05) is 29.2 Å². The van der Waals surface area contributed by atoms with Crippen LogP contribution >= 0.6 is 0 Å². The van der Waals surface area contributed by atoms with Gasteiger partial charge in [-0.3, -0.25) is 9.89 Å². The minimum Gasteiger partial charge on any atom is -0.351 e. The van der Waals surface area contributed by atoms with Gasteiger partial charge in [0.05, 0.1) is 12.2 Å². The molecule has 1 aliphatic rings. The quantitative estimate of drug-likeness (QED) is 0.529. The van der Waals surface area contributed by atoms with Crippen LogP contribution in [0.3, 0.4) is 0 Å². The lowest BCUT2D eigenvalue weighted by atomic mass is 10.0. The predicted molar refractivity (Wildman–Crippen MR) is 115 cm³/mol. The summed E-state index contributed by atoms with van der Waals surface area (Å²) in [5.41, 5.74) is 7.20. The molecular formula is C24H24N4O. The third-order valence-electron chi connectivity index (χ3n) is 5.81. The SMILES string of the molecule is CC(C)c1ccc2cc(C(=O)N3CCc4[nH]nc(-c5ccccc5)c4C3)[nH]c2c1. The summed E-state index contributed by atoms with van der Waals surface area (Å²) >= 11 is 0. The molecular weight excluding hydrogens is 360 g/mol. The molecule has 2 aromatic carbocycles. The molecule has 0 saturated heterocycles. The van der Waals surface area contributed by atoms with Gasteiger partial charge in [0, 0.05) is 40.7 Å². The van der Waals surface area contributed by atoms with E-state index in [0.29, 0.717) is 24.7 Å². The van der Waals surface area contributed by atoms with Crippen LogP contribution in [-0.4, -0.2) is 32.5 Å². The molecule has 0 atom stereocenters. The van der Waals surface area contributed by atoms with Crippen LogP contribution in [0.5, 0.6) is 0 Å². The normalized spacial score (nSPS) is 13.8. The highest BCUT2D eigenvalue weighted by Gasteiger charge is 2.27. The van der Waals surface area contributed by atoms with Crippen LogP contribution in [0.4, 0.5) is 0 Å².